The standard InChI is InChI=1S/C32H28F3NO7/c1-3-39-28(37)18-26-30(31(38)40-4-2)24-17-23(42-22-12-10-21(11-13-22)32(33,34)35)14-15-25(24)36(26)27-19-41-29(43-27)16-20-8-6-5-7-9-20/h5-15,17,19,29H,3-4,16,18H2,1-2H3. The summed E-state index contributed by atoms with van der Waals surface area (Å²) in [5, 5.41) is 0.373. The Morgan fingerprint density at radius 2 is 1.60 bits per heavy atom. The van der Waals surface area contributed by atoms with Crippen molar-refractivity contribution in [3.63, 3.8) is 0 Å². The lowest BCUT2D eigenvalue weighted by atomic mass is 10.1. The smallest absolute Gasteiger partial charge is 0.416 e. The number of halogens is 3. The summed E-state index contributed by atoms with van der Waals surface area (Å²) in [6.45, 7) is 3.55. The molecule has 3 aromatic carbocycles. The topological polar surface area (TPSA) is 85.2 Å². The Bertz CT molecular complexity index is 1640. The van der Waals surface area contributed by atoms with E-state index < -0.39 is 30.0 Å². The van der Waals surface area contributed by atoms with Crippen molar-refractivity contribution in [3.8, 4) is 11.5 Å². The summed E-state index contributed by atoms with van der Waals surface area (Å²) in [6.07, 6.45) is -3.55. The van der Waals surface area contributed by atoms with E-state index in [2.05, 4.69) is 0 Å². The quantitative estimate of drug-likeness (QED) is 0.181. The van der Waals surface area contributed by atoms with Gasteiger partial charge in [-0.3, -0.25) is 9.36 Å². The fraction of sp³-hybridized carbons (Fsp3) is 0.250. The average Bonchev–Trinajstić information content (AvgIpc) is 3.55. The minimum atomic E-state index is -4.48. The third-order valence-electron chi connectivity index (χ3n) is 6.59. The van der Waals surface area contributed by atoms with Gasteiger partial charge in [0.1, 0.15) is 17.8 Å². The van der Waals surface area contributed by atoms with E-state index in [1.165, 1.54) is 18.4 Å². The Morgan fingerprint density at radius 3 is 2.28 bits per heavy atom. The lowest BCUT2D eigenvalue weighted by Crippen LogP contribution is -2.17. The van der Waals surface area contributed by atoms with Crippen molar-refractivity contribution in [2.45, 2.75) is 39.2 Å². The molecule has 0 N–H and O–H groups in total. The molecule has 2 heterocycles. The van der Waals surface area contributed by atoms with Crippen LogP contribution in [0.1, 0.15) is 41.0 Å². The summed E-state index contributed by atoms with van der Waals surface area (Å²) in [5.74, 6) is -0.596. The number of hydrogen-bond acceptors (Lipinski definition) is 7. The summed E-state index contributed by atoms with van der Waals surface area (Å²) in [5.41, 5.74) is 1.02. The van der Waals surface area contributed by atoms with Gasteiger partial charge in [-0.2, -0.15) is 13.2 Å². The van der Waals surface area contributed by atoms with Crippen molar-refractivity contribution in [2.24, 2.45) is 0 Å². The number of hydrogen-bond donors (Lipinski definition) is 0. The molecule has 0 spiro atoms. The zero-order valence-electron chi connectivity index (χ0n) is 23.4. The third-order valence-corrected chi connectivity index (χ3v) is 6.59. The summed E-state index contributed by atoms with van der Waals surface area (Å²) >= 11 is 0. The van der Waals surface area contributed by atoms with Gasteiger partial charge in [-0.05, 0) is 61.9 Å². The number of benzene rings is 3. The maximum atomic E-state index is 13.3. The normalized spacial score (nSPS) is 14.5. The molecule has 11 heteroatoms. The number of esters is 2. The molecule has 224 valence electrons. The Morgan fingerprint density at radius 1 is 0.907 bits per heavy atom. The molecular weight excluding hydrogens is 567 g/mol. The molecule has 0 saturated heterocycles. The van der Waals surface area contributed by atoms with Crippen molar-refractivity contribution in [2.75, 3.05) is 13.2 Å². The van der Waals surface area contributed by atoms with Gasteiger partial charge in [-0.15, -0.1) is 0 Å². The lowest BCUT2D eigenvalue weighted by molar-refractivity contribution is -0.142. The van der Waals surface area contributed by atoms with E-state index in [4.69, 9.17) is 23.7 Å². The van der Waals surface area contributed by atoms with Gasteiger partial charge < -0.3 is 23.7 Å². The van der Waals surface area contributed by atoms with Crippen LogP contribution in [0.3, 0.4) is 0 Å². The predicted molar refractivity (Wildman–Crippen MR) is 150 cm³/mol. The second-order valence-electron chi connectivity index (χ2n) is 9.49. The largest absolute Gasteiger partial charge is 0.466 e. The summed E-state index contributed by atoms with van der Waals surface area (Å²) in [7, 11) is 0. The van der Waals surface area contributed by atoms with Gasteiger partial charge in [-0.1, -0.05) is 30.3 Å². The number of aromatic nitrogens is 1. The monoisotopic (exact) mass is 595 g/mol. The van der Waals surface area contributed by atoms with Crippen LogP contribution in [0.5, 0.6) is 11.5 Å². The molecule has 0 amide bonds. The third kappa shape index (κ3) is 6.61. The first kappa shape index (κ1) is 29.6. The van der Waals surface area contributed by atoms with E-state index in [9.17, 15) is 22.8 Å². The average molecular weight is 596 g/mol. The van der Waals surface area contributed by atoms with Gasteiger partial charge in [0, 0.05) is 11.8 Å². The zero-order chi connectivity index (χ0) is 30.6. The minimum Gasteiger partial charge on any atom is -0.466 e. The number of nitrogens with zero attached hydrogens (tertiary/aromatic N) is 1. The van der Waals surface area contributed by atoms with Crippen molar-refractivity contribution >= 4 is 28.7 Å². The van der Waals surface area contributed by atoms with Crippen molar-refractivity contribution < 1.29 is 46.4 Å². The summed E-state index contributed by atoms with van der Waals surface area (Å²) in [6, 6.07) is 18.7. The first-order valence-electron chi connectivity index (χ1n) is 13.6. The SMILES string of the molecule is CCOC(=O)Cc1c(C(=O)OCC)c2cc(Oc3ccc(C(F)(F)F)cc3)ccc2n1C1=COC(Cc2ccccc2)O1. The second-order valence-corrected chi connectivity index (χ2v) is 9.49. The number of alkyl halides is 3. The van der Waals surface area contributed by atoms with E-state index in [1.807, 2.05) is 30.3 Å². The van der Waals surface area contributed by atoms with Crippen LogP contribution in [0, 0.1) is 0 Å². The van der Waals surface area contributed by atoms with Crippen LogP contribution in [0.15, 0.2) is 79.1 Å². The van der Waals surface area contributed by atoms with E-state index in [-0.39, 0.29) is 48.3 Å². The fourth-order valence-corrected chi connectivity index (χ4v) is 4.76. The molecule has 43 heavy (non-hydrogen) atoms. The van der Waals surface area contributed by atoms with Crippen LogP contribution >= 0.6 is 0 Å². The first-order chi connectivity index (χ1) is 20.7. The molecule has 0 fully saturated rings. The molecule has 8 nitrogen and oxygen atoms in total. The van der Waals surface area contributed by atoms with Crippen molar-refractivity contribution in [1.82, 2.24) is 4.57 Å². The van der Waals surface area contributed by atoms with Crippen LogP contribution in [0.2, 0.25) is 0 Å². The number of carbonyl (C=O) groups is 2. The van der Waals surface area contributed by atoms with Gasteiger partial charge in [0.05, 0.1) is 42.0 Å². The van der Waals surface area contributed by atoms with Gasteiger partial charge in [0.2, 0.25) is 12.2 Å². The predicted octanol–water partition coefficient (Wildman–Crippen LogP) is 7.11. The van der Waals surface area contributed by atoms with Crippen molar-refractivity contribution in [3.05, 3.63) is 101 Å². The minimum absolute atomic E-state index is 0.0769. The molecule has 0 saturated carbocycles. The fourth-order valence-electron chi connectivity index (χ4n) is 4.76. The molecule has 0 aliphatic carbocycles. The van der Waals surface area contributed by atoms with Crippen molar-refractivity contribution in [1.29, 1.82) is 0 Å². The zero-order valence-corrected chi connectivity index (χ0v) is 23.4. The molecule has 1 aromatic heterocycles. The van der Waals surface area contributed by atoms with Gasteiger partial charge >= 0.3 is 18.1 Å². The molecular formula is C32H28F3NO7. The molecule has 1 atom stereocenters. The number of carbonyl (C=O) groups excluding carboxylic acids is 2. The van der Waals surface area contributed by atoms with Crippen LogP contribution in [0.25, 0.3) is 16.8 Å². The van der Waals surface area contributed by atoms with Gasteiger partial charge in [-0.25, -0.2) is 4.79 Å². The Hall–Kier alpha value is -4.93. The first-order valence-corrected chi connectivity index (χ1v) is 13.6. The second kappa shape index (κ2) is 12.5. The van der Waals surface area contributed by atoms with Crippen LogP contribution in [0.4, 0.5) is 13.2 Å². The van der Waals surface area contributed by atoms with Gasteiger partial charge in [0.15, 0.2) is 0 Å². The number of rotatable bonds is 10. The van der Waals surface area contributed by atoms with E-state index in [1.54, 1.807) is 36.6 Å². The molecule has 1 aliphatic heterocycles. The highest BCUT2D eigenvalue weighted by Gasteiger charge is 2.32. The maximum Gasteiger partial charge on any atom is 0.416 e. The Labute approximate surface area is 245 Å². The molecule has 1 unspecified atom stereocenters. The maximum absolute atomic E-state index is 13.3. The molecule has 1 aliphatic rings. The molecule has 0 radical (unpaired) electrons. The van der Waals surface area contributed by atoms with Crippen LogP contribution in [-0.2, 0) is 42.8 Å². The summed E-state index contributed by atoms with van der Waals surface area (Å²) in [4.78, 5) is 26.0. The van der Waals surface area contributed by atoms with Gasteiger partial charge in [0.25, 0.3) is 0 Å². The summed E-state index contributed by atoms with van der Waals surface area (Å²) < 4.78 is 68.9. The van der Waals surface area contributed by atoms with E-state index >= 15 is 0 Å². The number of ether oxygens (including phenoxy) is 5. The molecule has 5 rings (SSSR count). The van der Waals surface area contributed by atoms with Crippen LogP contribution < -0.4 is 4.74 Å². The van der Waals surface area contributed by atoms with E-state index in [0.717, 1.165) is 17.7 Å². The lowest BCUT2D eigenvalue weighted by Gasteiger charge is -2.15. The Balaban J connectivity index is 1.56. The molecule has 0 bridgehead atoms. The Kier molecular flexibility index (Phi) is 8.61. The van der Waals surface area contributed by atoms with Crippen LogP contribution in [-0.4, -0.2) is 36.0 Å². The highest BCUT2D eigenvalue weighted by atomic mass is 19.4. The highest BCUT2D eigenvalue weighted by molar-refractivity contribution is 6.08. The van der Waals surface area contributed by atoms with E-state index in [0.29, 0.717) is 17.3 Å². The number of fused-ring (bicyclic) bond motifs is 1. The molecule has 4 aromatic rings. The highest BCUT2D eigenvalue weighted by Crippen LogP contribution is 2.37.